The number of rotatable bonds is 4. The van der Waals surface area contributed by atoms with Crippen LogP contribution in [0, 0.1) is 12.1 Å². The van der Waals surface area contributed by atoms with E-state index in [0.29, 0.717) is 0 Å². The van der Waals surface area contributed by atoms with Gasteiger partial charge in [-0.2, -0.15) is 0 Å². The van der Waals surface area contributed by atoms with E-state index in [2.05, 4.69) is 130 Å². The van der Waals surface area contributed by atoms with E-state index in [0.717, 1.165) is 66.9 Å². The summed E-state index contributed by atoms with van der Waals surface area (Å²) in [7, 11) is 2.08. The first-order valence-electron chi connectivity index (χ1n) is 13.7. The molecule has 5 aromatic carbocycles. The van der Waals surface area contributed by atoms with E-state index in [-0.39, 0.29) is 21.1 Å². The second-order valence-electron chi connectivity index (χ2n) is 10.2. The maximum atomic E-state index is 5.09. The molecule has 0 aliphatic carbocycles. The van der Waals surface area contributed by atoms with Crippen LogP contribution in [0.4, 0.5) is 0 Å². The third-order valence-electron chi connectivity index (χ3n) is 7.77. The van der Waals surface area contributed by atoms with Gasteiger partial charge in [0.15, 0.2) is 0 Å². The van der Waals surface area contributed by atoms with Gasteiger partial charge in [-0.1, -0.05) is 94.9 Å². The summed E-state index contributed by atoms with van der Waals surface area (Å²) in [6, 6.07) is 49.4. The fourth-order valence-electron chi connectivity index (χ4n) is 5.84. The Morgan fingerprint density at radius 2 is 1.43 bits per heavy atom. The summed E-state index contributed by atoms with van der Waals surface area (Å²) >= 11 is 0. The Labute approximate surface area is 258 Å². The van der Waals surface area contributed by atoms with E-state index in [4.69, 9.17) is 4.98 Å². The molecule has 8 aromatic rings. The topological polar surface area (TPSA) is 35.6 Å². The normalized spacial score (nSPS) is 11.3. The van der Waals surface area contributed by atoms with Crippen LogP contribution in [0.5, 0.6) is 0 Å². The first-order chi connectivity index (χ1) is 20.3. The van der Waals surface area contributed by atoms with E-state index in [1.807, 2.05) is 30.5 Å². The second-order valence-corrected chi connectivity index (χ2v) is 10.2. The Hall–Kier alpha value is -4.79. The summed E-state index contributed by atoms with van der Waals surface area (Å²) in [4.78, 5) is 9.66. The molecule has 202 valence electrons. The SMILES string of the molecule is Cn1c(-c2[c-]c3c(cc2-c2ccccc2)c2ccccc2n3-c2[c-]c(-c3ccccn3)ccc2)nc2ccccc21.[Pt+2]. The molecule has 0 aliphatic heterocycles. The van der Waals surface area contributed by atoms with E-state index in [9.17, 15) is 0 Å². The first kappa shape index (κ1) is 26.1. The average molecular weight is 720 g/mol. The number of pyridine rings is 1. The molecule has 0 amide bonds. The maximum Gasteiger partial charge on any atom is 2.00 e. The summed E-state index contributed by atoms with van der Waals surface area (Å²) < 4.78 is 4.43. The molecule has 0 fully saturated rings. The van der Waals surface area contributed by atoms with Crippen LogP contribution in [0.15, 0.2) is 128 Å². The molecule has 0 saturated heterocycles. The Balaban J connectivity index is 0.00000288. The number of aryl methyl sites for hydroxylation is 1. The fraction of sp³-hybridized carbons (Fsp3) is 0.0270. The van der Waals surface area contributed by atoms with Gasteiger partial charge in [0.2, 0.25) is 0 Å². The summed E-state index contributed by atoms with van der Waals surface area (Å²) in [6.07, 6.45) is 1.82. The van der Waals surface area contributed by atoms with Gasteiger partial charge in [0.1, 0.15) is 0 Å². The molecule has 8 rings (SSSR count). The van der Waals surface area contributed by atoms with Crippen molar-refractivity contribution in [3.8, 4) is 39.5 Å². The van der Waals surface area contributed by atoms with Gasteiger partial charge in [0, 0.05) is 18.8 Å². The minimum Gasteiger partial charge on any atom is -0.367 e. The molecule has 0 spiro atoms. The number of fused-ring (bicyclic) bond motifs is 4. The fourth-order valence-corrected chi connectivity index (χ4v) is 5.84. The molecule has 42 heavy (non-hydrogen) atoms. The van der Waals surface area contributed by atoms with Crippen LogP contribution in [0.25, 0.3) is 72.3 Å². The van der Waals surface area contributed by atoms with Crippen LogP contribution in [0.3, 0.4) is 0 Å². The van der Waals surface area contributed by atoms with Gasteiger partial charge in [-0.25, -0.2) is 0 Å². The first-order valence-corrected chi connectivity index (χ1v) is 13.7. The van der Waals surface area contributed by atoms with Crippen LogP contribution < -0.4 is 0 Å². The molecular formula is C37H24N4Pt. The summed E-state index contributed by atoms with van der Waals surface area (Å²) in [5, 5.41) is 2.31. The van der Waals surface area contributed by atoms with E-state index in [1.54, 1.807) is 0 Å². The number of nitrogens with zero attached hydrogens (tertiary/aromatic N) is 4. The third kappa shape index (κ3) is 4.19. The van der Waals surface area contributed by atoms with Gasteiger partial charge in [-0.3, -0.25) is 4.98 Å². The van der Waals surface area contributed by atoms with Crippen molar-refractivity contribution in [3.63, 3.8) is 0 Å². The maximum absolute atomic E-state index is 5.09. The predicted molar refractivity (Wildman–Crippen MR) is 167 cm³/mol. The van der Waals surface area contributed by atoms with Crippen molar-refractivity contribution in [3.05, 3.63) is 140 Å². The summed E-state index contributed by atoms with van der Waals surface area (Å²) in [5.74, 6) is 0.884. The van der Waals surface area contributed by atoms with Crippen LogP contribution in [-0.2, 0) is 28.1 Å². The standard InChI is InChI=1S/C37H24N4.Pt/c1-40-35-20-8-6-18-33(35)39-37(40)31-24-36-30(23-29(31)25-12-3-2-4-13-25)28-16-5-7-19-34(28)41(36)27-15-11-14-26(22-27)32-17-9-10-21-38-32;/h2-21,23H,1H3;/q-2;+2. The van der Waals surface area contributed by atoms with E-state index in [1.165, 1.54) is 5.39 Å². The molecule has 5 heteroatoms. The summed E-state index contributed by atoms with van der Waals surface area (Å²) in [6.45, 7) is 0. The third-order valence-corrected chi connectivity index (χ3v) is 7.77. The zero-order valence-electron chi connectivity index (χ0n) is 22.7. The van der Waals surface area contributed by atoms with Gasteiger partial charge in [-0.05, 0) is 46.5 Å². The van der Waals surface area contributed by atoms with Gasteiger partial charge < -0.3 is 14.1 Å². The van der Waals surface area contributed by atoms with Gasteiger partial charge in [-0.15, -0.1) is 42.0 Å². The minimum atomic E-state index is 0. The molecule has 0 atom stereocenters. The zero-order valence-corrected chi connectivity index (χ0v) is 25.0. The molecule has 0 bridgehead atoms. The van der Waals surface area contributed by atoms with Crippen molar-refractivity contribution in [2.45, 2.75) is 0 Å². The molecule has 0 aliphatic rings. The number of imidazole rings is 1. The van der Waals surface area contributed by atoms with Gasteiger partial charge in [0.25, 0.3) is 0 Å². The van der Waals surface area contributed by atoms with Crippen LogP contribution >= 0.6 is 0 Å². The van der Waals surface area contributed by atoms with Crippen molar-refractivity contribution in [2.75, 3.05) is 0 Å². The Kier molecular flexibility index (Phi) is 6.57. The predicted octanol–water partition coefficient (Wildman–Crippen LogP) is 8.66. The minimum absolute atomic E-state index is 0. The molecule has 3 heterocycles. The quantitative estimate of drug-likeness (QED) is 0.171. The van der Waals surface area contributed by atoms with Gasteiger partial charge >= 0.3 is 21.1 Å². The largest absolute Gasteiger partial charge is 2.00 e. The molecule has 0 radical (unpaired) electrons. The molecule has 0 unspecified atom stereocenters. The van der Waals surface area contributed by atoms with Crippen molar-refractivity contribution in [1.29, 1.82) is 0 Å². The van der Waals surface area contributed by atoms with Crippen molar-refractivity contribution in [2.24, 2.45) is 7.05 Å². The van der Waals surface area contributed by atoms with Crippen molar-refractivity contribution >= 4 is 32.8 Å². The van der Waals surface area contributed by atoms with Crippen LogP contribution in [0.1, 0.15) is 0 Å². The number of benzene rings is 5. The van der Waals surface area contributed by atoms with E-state index >= 15 is 0 Å². The Bertz CT molecular complexity index is 2210. The number of para-hydroxylation sites is 3. The second kappa shape index (κ2) is 10.6. The number of hydrogen-bond donors (Lipinski definition) is 0. The van der Waals surface area contributed by atoms with Gasteiger partial charge in [0.05, 0.1) is 16.9 Å². The zero-order chi connectivity index (χ0) is 27.3. The molecular weight excluding hydrogens is 696 g/mol. The van der Waals surface area contributed by atoms with Crippen molar-refractivity contribution in [1.82, 2.24) is 19.1 Å². The van der Waals surface area contributed by atoms with Crippen molar-refractivity contribution < 1.29 is 21.1 Å². The van der Waals surface area contributed by atoms with E-state index < -0.39 is 0 Å². The monoisotopic (exact) mass is 719 g/mol. The Morgan fingerprint density at radius 1 is 0.667 bits per heavy atom. The number of aromatic nitrogens is 4. The summed E-state index contributed by atoms with van der Waals surface area (Å²) in [5.41, 5.74) is 10.1. The smallest absolute Gasteiger partial charge is 0.367 e. The molecule has 0 saturated carbocycles. The molecule has 3 aromatic heterocycles. The van der Waals surface area contributed by atoms with Crippen LogP contribution in [-0.4, -0.2) is 19.1 Å². The molecule has 0 N–H and O–H groups in total. The van der Waals surface area contributed by atoms with Crippen LogP contribution in [0.2, 0.25) is 0 Å². The number of hydrogen-bond acceptors (Lipinski definition) is 2. The Morgan fingerprint density at radius 3 is 2.24 bits per heavy atom. The molecule has 4 nitrogen and oxygen atoms in total. The average Bonchev–Trinajstić information content (AvgIpc) is 3.55.